The highest BCUT2D eigenvalue weighted by Crippen LogP contribution is 2.41. The van der Waals surface area contributed by atoms with Gasteiger partial charge in [0.15, 0.2) is 0 Å². The Bertz CT molecular complexity index is 1020. The summed E-state index contributed by atoms with van der Waals surface area (Å²) in [5.41, 5.74) is 6.70. The molecule has 0 saturated heterocycles. The number of anilines is 1. The van der Waals surface area contributed by atoms with Gasteiger partial charge in [-0.1, -0.05) is 18.2 Å². The molecular formula is C23H25N5O2. The molecule has 5 rings (SSSR count). The van der Waals surface area contributed by atoms with Gasteiger partial charge in [0.1, 0.15) is 0 Å². The van der Waals surface area contributed by atoms with Crippen molar-refractivity contribution in [1.82, 2.24) is 9.97 Å². The molecule has 30 heavy (non-hydrogen) atoms. The molecular weight excluding hydrogens is 378 g/mol. The van der Waals surface area contributed by atoms with Crippen molar-refractivity contribution < 1.29 is 9.53 Å². The third-order valence-electron chi connectivity index (χ3n) is 5.87. The monoisotopic (exact) mass is 403 g/mol. The summed E-state index contributed by atoms with van der Waals surface area (Å²) >= 11 is 0. The van der Waals surface area contributed by atoms with Gasteiger partial charge in [0, 0.05) is 30.4 Å². The van der Waals surface area contributed by atoms with Crippen molar-refractivity contribution in [2.45, 2.75) is 57.4 Å². The van der Waals surface area contributed by atoms with E-state index in [2.05, 4.69) is 43.7 Å². The fourth-order valence-corrected chi connectivity index (χ4v) is 4.18. The average molecular weight is 403 g/mol. The third-order valence-corrected chi connectivity index (χ3v) is 5.87. The normalized spacial score (nSPS) is 19.8. The van der Waals surface area contributed by atoms with Crippen molar-refractivity contribution in [2.24, 2.45) is 10.2 Å². The van der Waals surface area contributed by atoms with E-state index in [1.165, 1.54) is 29.5 Å². The van der Waals surface area contributed by atoms with Crippen LogP contribution in [0, 0.1) is 0 Å². The Morgan fingerprint density at radius 2 is 1.93 bits per heavy atom. The molecule has 0 amide bonds. The lowest BCUT2D eigenvalue weighted by Gasteiger charge is -2.11. The fourth-order valence-electron chi connectivity index (χ4n) is 4.18. The number of carbonyl (C=O) groups excluding carboxylic acids is 1. The molecule has 2 heterocycles. The van der Waals surface area contributed by atoms with Gasteiger partial charge in [-0.25, -0.2) is 9.97 Å². The van der Waals surface area contributed by atoms with Gasteiger partial charge >= 0.3 is 5.97 Å². The van der Waals surface area contributed by atoms with Crippen molar-refractivity contribution in [3.05, 3.63) is 52.8 Å². The Morgan fingerprint density at radius 1 is 1.13 bits per heavy atom. The van der Waals surface area contributed by atoms with Gasteiger partial charge in [-0.3, -0.25) is 4.79 Å². The van der Waals surface area contributed by atoms with Crippen LogP contribution < -0.4 is 5.32 Å². The number of nitrogens with zero attached hydrogens (tertiary/aromatic N) is 4. The summed E-state index contributed by atoms with van der Waals surface area (Å²) in [6, 6.07) is 7.31. The van der Waals surface area contributed by atoms with Crippen LogP contribution in [0.4, 0.5) is 5.95 Å². The summed E-state index contributed by atoms with van der Waals surface area (Å²) in [5.74, 6) is 1.15. The first-order valence-electron chi connectivity index (χ1n) is 10.7. The van der Waals surface area contributed by atoms with Crippen molar-refractivity contribution in [3.8, 4) is 0 Å². The maximum atomic E-state index is 11.6. The van der Waals surface area contributed by atoms with Crippen molar-refractivity contribution in [1.29, 1.82) is 0 Å². The van der Waals surface area contributed by atoms with Gasteiger partial charge in [-0.2, -0.15) is 10.2 Å². The molecule has 7 heteroatoms. The lowest BCUT2D eigenvalue weighted by molar-refractivity contribution is -0.141. The molecule has 0 spiro atoms. The van der Waals surface area contributed by atoms with E-state index in [4.69, 9.17) is 4.74 Å². The van der Waals surface area contributed by atoms with Crippen LogP contribution in [0.25, 0.3) is 0 Å². The highest BCUT2D eigenvalue weighted by molar-refractivity contribution is 6.17. The van der Waals surface area contributed by atoms with E-state index in [0.29, 0.717) is 30.7 Å². The zero-order valence-electron chi connectivity index (χ0n) is 17.1. The minimum atomic E-state index is -0.273. The third kappa shape index (κ3) is 4.10. The molecule has 0 bridgehead atoms. The summed E-state index contributed by atoms with van der Waals surface area (Å²) in [6.45, 7) is 2.16. The van der Waals surface area contributed by atoms with E-state index >= 15 is 0 Å². The van der Waals surface area contributed by atoms with Crippen molar-refractivity contribution in [2.75, 3.05) is 11.9 Å². The minimum absolute atomic E-state index is 0.173. The average Bonchev–Trinajstić information content (AvgIpc) is 3.36. The second kappa shape index (κ2) is 7.97. The molecule has 1 N–H and O–H groups in total. The molecule has 154 valence electrons. The van der Waals surface area contributed by atoms with Gasteiger partial charge < -0.3 is 10.1 Å². The second-order valence-corrected chi connectivity index (χ2v) is 8.22. The molecule has 1 saturated carbocycles. The summed E-state index contributed by atoms with van der Waals surface area (Å²) in [6.07, 6.45) is 8.92. The topological polar surface area (TPSA) is 88.8 Å². The number of nitrogens with one attached hydrogen (secondary N) is 1. The van der Waals surface area contributed by atoms with Gasteiger partial charge in [0.2, 0.25) is 5.95 Å². The van der Waals surface area contributed by atoms with E-state index in [1.807, 2.05) is 0 Å². The Balaban J connectivity index is 1.16. The summed E-state index contributed by atoms with van der Waals surface area (Å²) in [5, 5.41) is 11.8. The smallest absolute Gasteiger partial charge is 0.311 e. The zero-order valence-corrected chi connectivity index (χ0v) is 17.1. The number of carbonyl (C=O) groups is 1. The molecule has 0 radical (unpaired) electrons. The largest absolute Gasteiger partial charge is 0.466 e. The van der Waals surface area contributed by atoms with Crippen LogP contribution in [-0.4, -0.2) is 40.0 Å². The summed E-state index contributed by atoms with van der Waals surface area (Å²) in [4.78, 5) is 20.6. The van der Waals surface area contributed by atoms with Crippen molar-refractivity contribution >= 4 is 23.3 Å². The number of hydrogen-bond donors (Lipinski definition) is 1. The van der Waals surface area contributed by atoms with Gasteiger partial charge in [0.05, 0.1) is 24.5 Å². The van der Waals surface area contributed by atoms with Gasteiger partial charge in [0.25, 0.3) is 0 Å². The first-order chi connectivity index (χ1) is 14.7. The molecule has 3 aliphatic rings. The number of benzene rings is 1. The molecule has 1 aromatic carbocycles. The first-order valence-corrected chi connectivity index (χ1v) is 10.7. The molecule has 2 aliphatic carbocycles. The van der Waals surface area contributed by atoms with Crippen LogP contribution in [0.15, 0.2) is 40.8 Å². The maximum absolute atomic E-state index is 11.6. The highest BCUT2D eigenvalue weighted by atomic mass is 16.5. The van der Waals surface area contributed by atoms with Crippen LogP contribution in [0.2, 0.25) is 0 Å². The van der Waals surface area contributed by atoms with E-state index < -0.39 is 0 Å². The summed E-state index contributed by atoms with van der Waals surface area (Å²) in [7, 11) is 0. The quantitative estimate of drug-likeness (QED) is 0.716. The Kier molecular flexibility index (Phi) is 5.02. The zero-order chi connectivity index (χ0) is 20.5. The Labute approximate surface area is 175 Å². The molecule has 1 atom stereocenters. The number of esters is 1. The molecule has 1 fully saturated rings. The van der Waals surface area contributed by atoms with Gasteiger partial charge in [-0.05, 0) is 55.2 Å². The number of fused-ring (bicyclic) bond motifs is 1. The Hall–Kier alpha value is -3.09. The number of rotatable bonds is 7. The molecule has 2 aromatic rings. The minimum Gasteiger partial charge on any atom is -0.466 e. The predicted octanol–water partition coefficient (Wildman–Crippen LogP) is 3.44. The number of hydrogen-bond acceptors (Lipinski definition) is 7. The van der Waals surface area contributed by atoms with E-state index in [-0.39, 0.29) is 12.4 Å². The van der Waals surface area contributed by atoms with Gasteiger partial charge in [-0.15, -0.1) is 0 Å². The Morgan fingerprint density at radius 3 is 2.70 bits per heavy atom. The van der Waals surface area contributed by atoms with Crippen LogP contribution in [0.1, 0.15) is 60.8 Å². The van der Waals surface area contributed by atoms with Crippen LogP contribution in [0.5, 0.6) is 0 Å². The number of aromatic nitrogens is 2. The fraction of sp³-hybridized carbons (Fsp3) is 0.435. The maximum Gasteiger partial charge on any atom is 0.311 e. The van der Waals surface area contributed by atoms with Crippen LogP contribution in [0.3, 0.4) is 0 Å². The van der Waals surface area contributed by atoms with E-state index in [9.17, 15) is 4.79 Å². The standard InChI is InChI=1S/C23H25N5O2/c1-2-30-22(29)11-20-10-21(28-27-20)18-12-24-23(25-13-18)26-19-8-16-6-5-15(14-3-4-14)7-17(16)9-19/h5-7,12-14,19H,2-4,8-11H2,1H3,(H,24,25,26). The first kappa shape index (κ1) is 18.9. The van der Waals surface area contributed by atoms with Crippen LogP contribution >= 0.6 is 0 Å². The summed E-state index contributed by atoms with van der Waals surface area (Å²) < 4.78 is 4.96. The molecule has 1 unspecified atom stereocenters. The molecule has 7 nitrogen and oxygen atoms in total. The highest BCUT2D eigenvalue weighted by Gasteiger charge is 2.27. The predicted molar refractivity (Wildman–Crippen MR) is 115 cm³/mol. The van der Waals surface area contributed by atoms with Crippen molar-refractivity contribution in [3.63, 3.8) is 0 Å². The molecule has 1 aromatic heterocycles. The molecule has 1 aliphatic heterocycles. The lowest BCUT2D eigenvalue weighted by atomic mass is 10.0. The van der Waals surface area contributed by atoms with E-state index in [0.717, 1.165) is 30.0 Å². The second-order valence-electron chi connectivity index (χ2n) is 8.22. The number of ether oxygens (including phenoxy) is 1. The van der Waals surface area contributed by atoms with E-state index in [1.54, 1.807) is 19.3 Å². The SMILES string of the molecule is CCOC(=O)CC1=NN=C(c2cnc(NC3Cc4ccc(C5CC5)cc4C3)nc2)C1. The lowest BCUT2D eigenvalue weighted by Crippen LogP contribution is -2.21. The van der Waals surface area contributed by atoms with Crippen LogP contribution in [-0.2, 0) is 22.4 Å².